The van der Waals surface area contributed by atoms with Gasteiger partial charge in [0.2, 0.25) is 0 Å². The van der Waals surface area contributed by atoms with Crippen LogP contribution in [0.5, 0.6) is 5.75 Å². The van der Waals surface area contributed by atoms with Crippen molar-refractivity contribution in [3.8, 4) is 5.75 Å². The number of phenolic OH excluding ortho intramolecular Hbond substituents is 1. The summed E-state index contributed by atoms with van der Waals surface area (Å²) in [5.41, 5.74) is 1.40. The number of anilines is 1. The van der Waals surface area contributed by atoms with E-state index in [9.17, 15) is 14.7 Å². The van der Waals surface area contributed by atoms with Crippen LogP contribution in [0, 0.1) is 0 Å². The number of aromatic hydroxyl groups is 1. The monoisotopic (exact) mass is 329 g/mol. The van der Waals surface area contributed by atoms with Crippen LogP contribution in [-0.2, 0) is 27.3 Å². The van der Waals surface area contributed by atoms with Crippen molar-refractivity contribution in [1.82, 2.24) is 0 Å². The highest BCUT2D eigenvalue weighted by molar-refractivity contribution is 5.87. The van der Waals surface area contributed by atoms with Crippen LogP contribution in [0.2, 0.25) is 0 Å². The fourth-order valence-electron chi connectivity index (χ4n) is 2.07. The van der Waals surface area contributed by atoms with Crippen LogP contribution in [0.15, 0.2) is 48.5 Å². The summed E-state index contributed by atoms with van der Waals surface area (Å²) >= 11 is 0. The van der Waals surface area contributed by atoms with E-state index in [1.165, 1.54) is 6.07 Å². The minimum Gasteiger partial charge on any atom is -0.505 e. The first kappa shape index (κ1) is 17.3. The Hall–Kier alpha value is -3.02. The van der Waals surface area contributed by atoms with Crippen molar-refractivity contribution >= 4 is 17.7 Å². The van der Waals surface area contributed by atoms with E-state index in [0.717, 1.165) is 5.56 Å². The SMILES string of the molecule is CCOC(=O)Cc1cccc(NC(=O)OCc2ccccc2)c1O. The third-order valence-corrected chi connectivity index (χ3v) is 3.21. The van der Waals surface area contributed by atoms with Gasteiger partial charge >= 0.3 is 12.1 Å². The molecule has 0 saturated carbocycles. The maximum atomic E-state index is 11.8. The van der Waals surface area contributed by atoms with Gasteiger partial charge in [-0.05, 0) is 18.6 Å². The molecule has 0 aromatic heterocycles. The second-order valence-electron chi connectivity index (χ2n) is 4.98. The maximum Gasteiger partial charge on any atom is 0.412 e. The van der Waals surface area contributed by atoms with Gasteiger partial charge in [-0.15, -0.1) is 0 Å². The van der Waals surface area contributed by atoms with Crippen LogP contribution in [0.4, 0.5) is 10.5 Å². The number of carbonyl (C=O) groups excluding carboxylic acids is 2. The summed E-state index contributed by atoms with van der Waals surface area (Å²) in [7, 11) is 0. The van der Waals surface area contributed by atoms with E-state index in [1.54, 1.807) is 19.1 Å². The molecule has 0 spiro atoms. The summed E-state index contributed by atoms with van der Waals surface area (Å²) in [6, 6.07) is 14.0. The lowest BCUT2D eigenvalue weighted by Gasteiger charge is -2.11. The normalized spacial score (nSPS) is 10.0. The molecule has 6 nitrogen and oxygen atoms in total. The lowest BCUT2D eigenvalue weighted by Crippen LogP contribution is -2.14. The third kappa shape index (κ3) is 5.01. The smallest absolute Gasteiger partial charge is 0.412 e. The summed E-state index contributed by atoms with van der Waals surface area (Å²) in [6.45, 7) is 2.10. The van der Waals surface area contributed by atoms with Gasteiger partial charge in [0.05, 0.1) is 18.7 Å². The molecule has 1 amide bonds. The van der Waals surface area contributed by atoms with E-state index in [-0.39, 0.29) is 31.1 Å². The zero-order chi connectivity index (χ0) is 17.4. The van der Waals surface area contributed by atoms with Gasteiger partial charge in [0.25, 0.3) is 0 Å². The lowest BCUT2D eigenvalue weighted by molar-refractivity contribution is -0.142. The Labute approximate surface area is 140 Å². The van der Waals surface area contributed by atoms with Crippen molar-refractivity contribution < 1.29 is 24.2 Å². The van der Waals surface area contributed by atoms with Crippen LogP contribution in [0.3, 0.4) is 0 Å². The predicted molar refractivity (Wildman–Crippen MR) is 88.7 cm³/mol. The standard InChI is InChI=1S/C18H19NO5/c1-2-23-16(20)11-14-9-6-10-15(17(14)21)19-18(22)24-12-13-7-4-3-5-8-13/h3-10,21H,2,11-12H2,1H3,(H,19,22). The molecule has 0 aliphatic carbocycles. The van der Waals surface area contributed by atoms with Gasteiger partial charge in [-0.1, -0.05) is 42.5 Å². The van der Waals surface area contributed by atoms with Gasteiger partial charge < -0.3 is 14.6 Å². The van der Waals surface area contributed by atoms with Crippen molar-refractivity contribution in [2.24, 2.45) is 0 Å². The molecular formula is C18H19NO5. The highest BCUT2D eigenvalue weighted by Crippen LogP contribution is 2.28. The molecule has 0 saturated heterocycles. The number of para-hydroxylation sites is 1. The number of amides is 1. The number of ether oxygens (including phenoxy) is 2. The Kier molecular flexibility index (Phi) is 6.19. The number of hydrogen-bond donors (Lipinski definition) is 2. The molecule has 0 aliphatic rings. The van der Waals surface area contributed by atoms with Crippen molar-refractivity contribution in [3.05, 3.63) is 59.7 Å². The second kappa shape index (κ2) is 8.57. The Morgan fingerprint density at radius 3 is 2.50 bits per heavy atom. The molecule has 0 heterocycles. The number of phenols is 1. The van der Waals surface area contributed by atoms with E-state index in [1.807, 2.05) is 30.3 Å². The molecule has 0 bridgehead atoms. The summed E-state index contributed by atoms with van der Waals surface area (Å²) in [5, 5.41) is 12.6. The Bertz CT molecular complexity index is 700. The van der Waals surface area contributed by atoms with E-state index in [4.69, 9.17) is 9.47 Å². The maximum absolute atomic E-state index is 11.8. The van der Waals surface area contributed by atoms with Crippen molar-refractivity contribution in [2.75, 3.05) is 11.9 Å². The zero-order valence-electron chi connectivity index (χ0n) is 13.3. The molecule has 6 heteroatoms. The molecular weight excluding hydrogens is 310 g/mol. The summed E-state index contributed by atoms with van der Waals surface area (Å²) in [4.78, 5) is 23.4. The van der Waals surface area contributed by atoms with E-state index in [2.05, 4.69) is 5.32 Å². The van der Waals surface area contributed by atoms with E-state index >= 15 is 0 Å². The Morgan fingerprint density at radius 2 is 1.79 bits per heavy atom. The van der Waals surface area contributed by atoms with Crippen molar-refractivity contribution in [2.45, 2.75) is 20.0 Å². The highest BCUT2D eigenvalue weighted by atomic mass is 16.5. The zero-order valence-corrected chi connectivity index (χ0v) is 13.3. The van der Waals surface area contributed by atoms with Gasteiger partial charge in [0.15, 0.2) is 0 Å². The number of benzene rings is 2. The highest BCUT2D eigenvalue weighted by Gasteiger charge is 2.14. The summed E-state index contributed by atoms with van der Waals surface area (Å²) < 4.78 is 9.94. The van der Waals surface area contributed by atoms with Crippen molar-refractivity contribution in [1.29, 1.82) is 0 Å². The molecule has 2 aromatic rings. The number of carbonyl (C=O) groups is 2. The fourth-order valence-corrected chi connectivity index (χ4v) is 2.07. The minimum atomic E-state index is -0.692. The Morgan fingerprint density at radius 1 is 1.04 bits per heavy atom. The lowest BCUT2D eigenvalue weighted by atomic mass is 10.1. The second-order valence-corrected chi connectivity index (χ2v) is 4.98. The summed E-state index contributed by atoms with van der Waals surface area (Å²) in [6.07, 6.45) is -0.767. The number of rotatable bonds is 6. The van der Waals surface area contributed by atoms with Gasteiger partial charge in [-0.3, -0.25) is 10.1 Å². The van der Waals surface area contributed by atoms with Crippen molar-refractivity contribution in [3.63, 3.8) is 0 Å². The molecule has 24 heavy (non-hydrogen) atoms. The average molecular weight is 329 g/mol. The quantitative estimate of drug-likeness (QED) is 0.628. The van der Waals surface area contributed by atoms with Crippen LogP contribution >= 0.6 is 0 Å². The molecule has 0 atom stereocenters. The molecule has 126 valence electrons. The predicted octanol–water partition coefficient (Wildman–Crippen LogP) is 3.25. The number of hydrogen-bond acceptors (Lipinski definition) is 5. The minimum absolute atomic E-state index is 0.0751. The van der Waals surface area contributed by atoms with Gasteiger partial charge in [-0.25, -0.2) is 4.79 Å². The Balaban J connectivity index is 1.96. The molecule has 0 unspecified atom stereocenters. The van der Waals surface area contributed by atoms with Gasteiger partial charge in [0.1, 0.15) is 12.4 Å². The van der Waals surface area contributed by atoms with Crippen LogP contribution in [0.25, 0.3) is 0 Å². The molecule has 0 aliphatic heterocycles. The first-order valence-electron chi connectivity index (χ1n) is 7.54. The molecule has 2 N–H and O–H groups in total. The third-order valence-electron chi connectivity index (χ3n) is 3.21. The molecule has 0 radical (unpaired) electrons. The largest absolute Gasteiger partial charge is 0.505 e. The van der Waals surface area contributed by atoms with Crippen LogP contribution in [0.1, 0.15) is 18.1 Å². The number of nitrogens with one attached hydrogen (secondary N) is 1. The molecule has 2 aromatic carbocycles. The topological polar surface area (TPSA) is 84.9 Å². The first-order valence-corrected chi connectivity index (χ1v) is 7.54. The van der Waals surface area contributed by atoms with Crippen LogP contribution in [-0.4, -0.2) is 23.8 Å². The summed E-state index contributed by atoms with van der Waals surface area (Å²) in [5.74, 6) is -0.626. The van der Waals surface area contributed by atoms with Gasteiger partial charge in [-0.2, -0.15) is 0 Å². The van der Waals surface area contributed by atoms with Crippen LogP contribution < -0.4 is 5.32 Å². The molecule has 0 fully saturated rings. The average Bonchev–Trinajstić information content (AvgIpc) is 2.58. The number of esters is 1. The first-order chi connectivity index (χ1) is 11.6. The molecule has 2 rings (SSSR count). The van der Waals surface area contributed by atoms with Gasteiger partial charge in [0, 0.05) is 5.56 Å². The fraction of sp³-hybridized carbons (Fsp3) is 0.222. The van der Waals surface area contributed by atoms with E-state index < -0.39 is 12.1 Å². The van der Waals surface area contributed by atoms with E-state index in [0.29, 0.717) is 5.56 Å².